The van der Waals surface area contributed by atoms with Crippen LogP contribution in [0.2, 0.25) is 0 Å². The Bertz CT molecular complexity index is 1160. The van der Waals surface area contributed by atoms with E-state index in [-0.39, 0.29) is 26.1 Å². The molecule has 10 heteroatoms. The van der Waals surface area contributed by atoms with Gasteiger partial charge in [0.15, 0.2) is 6.10 Å². The number of phosphoric ester groups is 1. The summed E-state index contributed by atoms with van der Waals surface area (Å²) < 4.78 is 33.8. The highest BCUT2D eigenvalue weighted by Gasteiger charge is 2.21. The Balaban J connectivity index is 4.47. The summed E-state index contributed by atoms with van der Waals surface area (Å²) in [5.74, 6) is -0.913. The van der Waals surface area contributed by atoms with Gasteiger partial charge in [0.05, 0.1) is 27.7 Å². The molecule has 0 radical (unpaired) electrons. The Hall–Kier alpha value is -2.29. The molecule has 0 aliphatic rings. The normalized spacial score (nSPS) is 14.1. The first kappa shape index (κ1) is 54.7. The minimum absolute atomic E-state index is 0.0444. The van der Waals surface area contributed by atoms with Gasteiger partial charge in [0, 0.05) is 12.8 Å². The summed E-state index contributed by atoms with van der Waals surface area (Å²) in [6.45, 7) is 4.11. The van der Waals surface area contributed by atoms with Gasteiger partial charge in [-0.1, -0.05) is 145 Å². The van der Waals surface area contributed by atoms with Crippen molar-refractivity contribution in [2.45, 2.75) is 180 Å². The molecule has 1 unspecified atom stereocenters. The molecule has 0 aliphatic heterocycles. The van der Waals surface area contributed by atoms with Crippen LogP contribution in [0.1, 0.15) is 174 Å². The number of rotatable bonds is 40. The van der Waals surface area contributed by atoms with Crippen LogP contribution >= 0.6 is 7.82 Å². The Morgan fingerprint density at radius 1 is 0.544 bits per heavy atom. The van der Waals surface area contributed by atoms with E-state index in [1.165, 1.54) is 77.0 Å². The molecular weight excluding hydrogens is 737 g/mol. The first-order chi connectivity index (χ1) is 27.5. The quantitative estimate of drug-likeness (QED) is 0.0197. The summed E-state index contributed by atoms with van der Waals surface area (Å²) in [5, 5.41) is 0. The number of carbonyl (C=O) groups is 2. The van der Waals surface area contributed by atoms with E-state index in [0.717, 1.165) is 51.4 Å². The first-order valence-corrected chi connectivity index (χ1v) is 24.0. The van der Waals surface area contributed by atoms with E-state index in [1.807, 2.05) is 27.2 Å². The molecule has 0 heterocycles. The van der Waals surface area contributed by atoms with Crippen molar-refractivity contribution >= 4 is 19.8 Å². The van der Waals surface area contributed by atoms with E-state index in [2.05, 4.69) is 68.5 Å². The minimum Gasteiger partial charge on any atom is -0.756 e. The van der Waals surface area contributed by atoms with Crippen LogP contribution in [-0.2, 0) is 32.7 Å². The van der Waals surface area contributed by atoms with E-state index in [0.29, 0.717) is 30.3 Å². The lowest BCUT2D eigenvalue weighted by molar-refractivity contribution is -0.870. The predicted molar refractivity (Wildman–Crippen MR) is 236 cm³/mol. The second-order valence-corrected chi connectivity index (χ2v) is 17.5. The van der Waals surface area contributed by atoms with Gasteiger partial charge in [0.1, 0.15) is 19.8 Å². The molecular formula is C47H84NO8P. The van der Waals surface area contributed by atoms with Crippen molar-refractivity contribution in [3.63, 3.8) is 0 Å². The number of likely N-dealkylation sites (N-methyl/N-ethyl adjacent to an activating group) is 1. The predicted octanol–water partition coefficient (Wildman–Crippen LogP) is 12.2. The monoisotopic (exact) mass is 822 g/mol. The molecule has 2 atom stereocenters. The smallest absolute Gasteiger partial charge is 0.306 e. The second kappa shape index (κ2) is 39.2. The molecule has 0 rings (SSSR count). The number of unbranched alkanes of at least 4 members (excludes halogenated alkanes) is 16. The summed E-state index contributed by atoms with van der Waals surface area (Å²) in [6, 6.07) is 0. The van der Waals surface area contributed by atoms with Gasteiger partial charge in [-0.3, -0.25) is 14.2 Å². The number of allylic oxidation sites excluding steroid dienone is 10. The lowest BCUT2D eigenvalue weighted by atomic mass is 10.1. The number of carbonyl (C=O) groups excluding carboxylic acids is 2. The minimum atomic E-state index is -4.64. The molecule has 0 fully saturated rings. The number of esters is 2. The largest absolute Gasteiger partial charge is 0.756 e. The Morgan fingerprint density at radius 3 is 1.51 bits per heavy atom. The van der Waals surface area contributed by atoms with Crippen molar-refractivity contribution in [1.82, 2.24) is 0 Å². The molecule has 0 aromatic carbocycles. The fourth-order valence-corrected chi connectivity index (χ4v) is 6.43. The van der Waals surface area contributed by atoms with Gasteiger partial charge in [0.25, 0.3) is 7.82 Å². The standard InChI is InChI=1S/C47H84NO8P/c1-6-8-10-12-14-16-18-20-22-24-26-28-30-32-34-36-38-40-47(50)56-45(44-55-57(51,52)54-42-41-48(3,4)5)43-53-46(49)39-37-35-33-31-29-27-25-23-21-19-17-15-13-11-9-7-2/h14,16,20,22-23,25-26,28,32,34,45H,6-13,15,17-19,21,24,27,29-31,33,35-44H2,1-5H3/b16-14-,22-20-,25-23-,28-26-,34-32-/t45-/m1/s1. The summed E-state index contributed by atoms with van der Waals surface area (Å²) in [4.78, 5) is 37.5. The molecule has 0 aromatic heterocycles. The third-order valence-electron chi connectivity index (χ3n) is 9.26. The maximum atomic E-state index is 12.7. The molecule has 330 valence electrons. The molecule has 0 aromatic rings. The first-order valence-electron chi connectivity index (χ1n) is 22.5. The van der Waals surface area contributed by atoms with Crippen LogP contribution in [-0.4, -0.2) is 70.0 Å². The van der Waals surface area contributed by atoms with Gasteiger partial charge in [-0.15, -0.1) is 0 Å². The van der Waals surface area contributed by atoms with Gasteiger partial charge in [0.2, 0.25) is 0 Å². The molecule has 0 saturated carbocycles. The fourth-order valence-electron chi connectivity index (χ4n) is 5.70. The van der Waals surface area contributed by atoms with Crippen LogP contribution in [0.15, 0.2) is 60.8 Å². The number of phosphoric acid groups is 1. The Labute approximate surface area is 349 Å². The molecule has 9 nitrogen and oxygen atoms in total. The van der Waals surface area contributed by atoms with Crippen LogP contribution in [0.25, 0.3) is 0 Å². The highest BCUT2D eigenvalue weighted by molar-refractivity contribution is 7.45. The Kier molecular flexibility index (Phi) is 37.6. The van der Waals surface area contributed by atoms with Crippen molar-refractivity contribution in [3.05, 3.63) is 60.8 Å². The number of hydrogen-bond acceptors (Lipinski definition) is 8. The van der Waals surface area contributed by atoms with E-state index in [1.54, 1.807) is 0 Å². The van der Waals surface area contributed by atoms with Crippen molar-refractivity contribution in [2.24, 2.45) is 0 Å². The summed E-state index contributed by atoms with van der Waals surface area (Å²) in [5.41, 5.74) is 0. The summed E-state index contributed by atoms with van der Waals surface area (Å²) in [6.07, 6.45) is 46.8. The molecule has 0 saturated heterocycles. The van der Waals surface area contributed by atoms with E-state index in [9.17, 15) is 19.0 Å². The van der Waals surface area contributed by atoms with Gasteiger partial charge >= 0.3 is 11.9 Å². The van der Waals surface area contributed by atoms with Crippen molar-refractivity contribution in [1.29, 1.82) is 0 Å². The number of quaternary nitrogens is 1. The van der Waals surface area contributed by atoms with Crippen molar-refractivity contribution in [3.8, 4) is 0 Å². The van der Waals surface area contributed by atoms with Crippen molar-refractivity contribution < 1.29 is 42.1 Å². The van der Waals surface area contributed by atoms with Crippen LogP contribution in [0.3, 0.4) is 0 Å². The average Bonchev–Trinajstić information content (AvgIpc) is 3.16. The van der Waals surface area contributed by atoms with Crippen LogP contribution in [0, 0.1) is 0 Å². The molecule has 57 heavy (non-hydrogen) atoms. The molecule has 0 spiro atoms. The van der Waals surface area contributed by atoms with Gasteiger partial charge in [-0.05, 0) is 77.0 Å². The topological polar surface area (TPSA) is 111 Å². The van der Waals surface area contributed by atoms with Gasteiger partial charge in [-0.25, -0.2) is 0 Å². The van der Waals surface area contributed by atoms with Crippen LogP contribution < -0.4 is 4.89 Å². The average molecular weight is 822 g/mol. The lowest BCUT2D eigenvalue weighted by Gasteiger charge is -2.28. The molecule has 0 bridgehead atoms. The van der Waals surface area contributed by atoms with Gasteiger partial charge in [-0.2, -0.15) is 0 Å². The zero-order valence-electron chi connectivity index (χ0n) is 37.0. The maximum Gasteiger partial charge on any atom is 0.306 e. The summed E-state index contributed by atoms with van der Waals surface area (Å²) >= 11 is 0. The number of nitrogens with zero attached hydrogens (tertiary/aromatic N) is 1. The van der Waals surface area contributed by atoms with Gasteiger partial charge < -0.3 is 27.9 Å². The van der Waals surface area contributed by atoms with Crippen molar-refractivity contribution in [2.75, 3.05) is 47.5 Å². The number of hydrogen-bond donors (Lipinski definition) is 0. The second-order valence-electron chi connectivity index (χ2n) is 16.1. The van der Waals surface area contributed by atoms with Crippen LogP contribution in [0.4, 0.5) is 0 Å². The third kappa shape index (κ3) is 43.1. The van der Waals surface area contributed by atoms with Crippen LogP contribution in [0.5, 0.6) is 0 Å². The Morgan fingerprint density at radius 2 is 0.965 bits per heavy atom. The lowest BCUT2D eigenvalue weighted by Crippen LogP contribution is -2.37. The van der Waals surface area contributed by atoms with E-state index >= 15 is 0 Å². The highest BCUT2D eigenvalue weighted by Crippen LogP contribution is 2.38. The maximum absolute atomic E-state index is 12.7. The van der Waals surface area contributed by atoms with E-state index in [4.69, 9.17) is 18.5 Å². The molecule has 0 amide bonds. The zero-order valence-corrected chi connectivity index (χ0v) is 37.9. The SMILES string of the molecule is CCCCC/C=C\C/C=C\C/C=C\C/C=C\CCCC(=O)O[C@H](COC(=O)CCCCCCC/C=C\CCCCCCCCC)COP(=O)([O-])OCC[N+](C)(C)C. The molecule has 0 aliphatic carbocycles. The fraction of sp³-hybridized carbons (Fsp3) is 0.745. The summed E-state index contributed by atoms with van der Waals surface area (Å²) in [7, 11) is 1.12. The van der Waals surface area contributed by atoms with E-state index < -0.39 is 32.5 Å². The highest BCUT2D eigenvalue weighted by atomic mass is 31.2. The zero-order chi connectivity index (χ0) is 42.1. The number of ether oxygens (including phenoxy) is 2. The molecule has 0 N–H and O–H groups in total. The third-order valence-corrected chi connectivity index (χ3v) is 10.2.